The van der Waals surface area contributed by atoms with Crippen LogP contribution >= 0.6 is 0 Å². The lowest BCUT2D eigenvalue weighted by atomic mass is 9.68. The molecule has 114 valence electrons. The van der Waals surface area contributed by atoms with Crippen molar-refractivity contribution in [1.82, 2.24) is 0 Å². The van der Waals surface area contributed by atoms with E-state index in [9.17, 15) is 14.5 Å². The number of anilines is 1. The van der Waals surface area contributed by atoms with E-state index in [1.807, 2.05) is 0 Å². The van der Waals surface area contributed by atoms with E-state index in [2.05, 4.69) is 26.1 Å². The van der Waals surface area contributed by atoms with Crippen LogP contribution in [0.5, 0.6) is 0 Å². The molecule has 1 N–H and O–H groups in total. The van der Waals surface area contributed by atoms with Crippen molar-refractivity contribution in [3.63, 3.8) is 0 Å². The zero-order valence-corrected chi connectivity index (χ0v) is 12.6. The molecule has 0 aliphatic heterocycles. The minimum absolute atomic E-state index is 0.0569. The van der Waals surface area contributed by atoms with Gasteiger partial charge in [0.2, 0.25) is 0 Å². The molecule has 0 aromatic heterocycles. The first-order chi connectivity index (χ1) is 9.74. The molecule has 2 aliphatic carbocycles. The first kappa shape index (κ1) is 14.3. The lowest BCUT2D eigenvalue weighted by molar-refractivity contribution is -0.384. The maximum absolute atomic E-state index is 13.5. The van der Waals surface area contributed by atoms with Gasteiger partial charge in [0, 0.05) is 18.2 Å². The molecule has 0 radical (unpaired) electrons. The molecule has 0 amide bonds. The summed E-state index contributed by atoms with van der Waals surface area (Å²) in [5, 5.41) is 14.5. The van der Waals surface area contributed by atoms with Gasteiger partial charge in [0.15, 0.2) is 0 Å². The largest absolute Gasteiger partial charge is 0.376 e. The van der Waals surface area contributed by atoms with E-state index in [1.54, 1.807) is 0 Å². The molecule has 1 aromatic carbocycles. The predicted octanol–water partition coefficient (Wildman–Crippen LogP) is 4.36. The van der Waals surface area contributed by atoms with Gasteiger partial charge in [0.1, 0.15) is 11.5 Å². The average molecular weight is 292 g/mol. The molecule has 2 bridgehead atoms. The van der Waals surface area contributed by atoms with Crippen molar-refractivity contribution in [2.75, 3.05) is 5.32 Å². The summed E-state index contributed by atoms with van der Waals surface area (Å²) < 4.78 is 13.5. The van der Waals surface area contributed by atoms with Crippen molar-refractivity contribution in [3.05, 3.63) is 34.1 Å². The van der Waals surface area contributed by atoms with Gasteiger partial charge in [-0.05, 0) is 42.1 Å². The molecular weight excluding hydrogens is 271 g/mol. The maximum Gasteiger partial charge on any atom is 0.292 e. The van der Waals surface area contributed by atoms with Gasteiger partial charge in [-0.2, -0.15) is 0 Å². The molecular formula is C16H21FN2O2. The number of nitro groups is 1. The Balaban J connectivity index is 1.97. The SMILES string of the molecule is CC1(C)C(Nc2cc(F)ccc2[N+](=O)[O-])[C@]2(C)CC[C@H]1C2. The molecule has 1 unspecified atom stereocenters. The Kier molecular flexibility index (Phi) is 3.01. The Morgan fingerprint density at radius 3 is 2.67 bits per heavy atom. The Bertz CT molecular complexity index is 597. The summed E-state index contributed by atoms with van der Waals surface area (Å²) in [5.41, 5.74) is 0.437. The standard InChI is InChI=1S/C16H21FN2O2/c1-15(2)10-6-7-16(3,9-10)14(15)18-12-8-11(17)4-5-13(12)19(20)21/h4-5,8,10,14,18H,6-7,9H2,1-3H3/t10-,14?,16+/m0/s1. The van der Waals surface area contributed by atoms with Crippen LogP contribution in [0.4, 0.5) is 15.8 Å². The van der Waals surface area contributed by atoms with Gasteiger partial charge >= 0.3 is 0 Å². The lowest BCUT2D eigenvalue weighted by Crippen LogP contribution is -2.45. The number of hydrogen-bond donors (Lipinski definition) is 1. The summed E-state index contributed by atoms with van der Waals surface area (Å²) in [6.07, 6.45) is 3.48. The van der Waals surface area contributed by atoms with Crippen LogP contribution in [0.3, 0.4) is 0 Å². The summed E-state index contributed by atoms with van der Waals surface area (Å²) >= 11 is 0. The van der Waals surface area contributed by atoms with Crippen LogP contribution in [0.1, 0.15) is 40.0 Å². The monoisotopic (exact) mass is 292 g/mol. The molecule has 0 spiro atoms. The molecule has 2 aliphatic rings. The van der Waals surface area contributed by atoms with E-state index in [1.165, 1.54) is 18.6 Å². The van der Waals surface area contributed by atoms with Crippen LogP contribution in [0.25, 0.3) is 0 Å². The van der Waals surface area contributed by atoms with Gasteiger partial charge in [0.05, 0.1) is 4.92 Å². The van der Waals surface area contributed by atoms with Gasteiger partial charge < -0.3 is 5.32 Å². The molecule has 3 rings (SSSR count). The van der Waals surface area contributed by atoms with Crippen LogP contribution in [0.2, 0.25) is 0 Å². The number of benzene rings is 1. The highest BCUT2D eigenvalue weighted by molar-refractivity contribution is 5.62. The Morgan fingerprint density at radius 1 is 1.38 bits per heavy atom. The number of hydrogen-bond acceptors (Lipinski definition) is 3. The number of nitro benzene ring substituents is 1. The van der Waals surface area contributed by atoms with E-state index in [0.717, 1.165) is 18.9 Å². The van der Waals surface area contributed by atoms with Crippen LogP contribution in [-0.2, 0) is 0 Å². The second-order valence-electron chi connectivity index (χ2n) is 7.41. The molecule has 2 saturated carbocycles. The van der Waals surface area contributed by atoms with E-state index >= 15 is 0 Å². The van der Waals surface area contributed by atoms with E-state index in [4.69, 9.17) is 0 Å². The molecule has 5 heteroatoms. The van der Waals surface area contributed by atoms with E-state index in [-0.39, 0.29) is 22.6 Å². The lowest BCUT2D eigenvalue weighted by Gasteiger charge is -2.43. The molecule has 0 heterocycles. The molecule has 21 heavy (non-hydrogen) atoms. The topological polar surface area (TPSA) is 55.2 Å². The molecule has 3 atom stereocenters. The van der Waals surface area contributed by atoms with Gasteiger partial charge in [-0.3, -0.25) is 10.1 Å². The van der Waals surface area contributed by atoms with Crippen molar-refractivity contribution >= 4 is 11.4 Å². The van der Waals surface area contributed by atoms with Crippen LogP contribution < -0.4 is 5.32 Å². The first-order valence-electron chi connectivity index (χ1n) is 7.44. The quantitative estimate of drug-likeness (QED) is 0.665. The molecule has 1 aromatic rings. The molecule has 0 saturated heterocycles. The first-order valence-corrected chi connectivity index (χ1v) is 7.44. The number of nitrogens with one attached hydrogen (secondary N) is 1. The van der Waals surface area contributed by atoms with Gasteiger partial charge in [-0.25, -0.2) is 4.39 Å². The number of fused-ring (bicyclic) bond motifs is 2. The summed E-state index contributed by atoms with van der Waals surface area (Å²) in [6.45, 7) is 6.67. The third-order valence-electron chi connectivity index (χ3n) is 5.72. The number of halogens is 1. The average Bonchev–Trinajstić information content (AvgIpc) is 2.85. The normalized spacial score (nSPS) is 33.1. The minimum Gasteiger partial charge on any atom is -0.376 e. The minimum atomic E-state index is -0.454. The van der Waals surface area contributed by atoms with E-state index in [0.29, 0.717) is 11.6 Å². The zero-order valence-electron chi connectivity index (χ0n) is 12.6. The summed E-state index contributed by atoms with van der Waals surface area (Å²) in [4.78, 5) is 10.7. The summed E-state index contributed by atoms with van der Waals surface area (Å²) in [7, 11) is 0. The fraction of sp³-hybridized carbons (Fsp3) is 0.625. The third-order valence-corrected chi connectivity index (χ3v) is 5.72. The molecule has 2 fully saturated rings. The summed E-state index contributed by atoms with van der Waals surface area (Å²) in [6, 6.07) is 3.74. The Labute approximate surface area is 123 Å². The number of rotatable bonds is 3. The zero-order chi connectivity index (χ0) is 15.4. The van der Waals surface area contributed by atoms with Gasteiger partial charge in [-0.1, -0.05) is 20.8 Å². The van der Waals surface area contributed by atoms with Crippen LogP contribution in [0, 0.1) is 32.7 Å². The highest BCUT2D eigenvalue weighted by atomic mass is 19.1. The van der Waals surface area contributed by atoms with Crippen molar-refractivity contribution in [2.45, 2.75) is 46.1 Å². The van der Waals surface area contributed by atoms with Crippen molar-refractivity contribution in [2.24, 2.45) is 16.7 Å². The van der Waals surface area contributed by atoms with Gasteiger partial charge in [0.25, 0.3) is 5.69 Å². The van der Waals surface area contributed by atoms with Crippen molar-refractivity contribution in [1.29, 1.82) is 0 Å². The smallest absolute Gasteiger partial charge is 0.292 e. The highest BCUT2D eigenvalue weighted by Gasteiger charge is 2.59. The molecule has 4 nitrogen and oxygen atoms in total. The second-order valence-corrected chi connectivity index (χ2v) is 7.41. The fourth-order valence-electron chi connectivity index (χ4n) is 4.60. The Hall–Kier alpha value is -1.65. The van der Waals surface area contributed by atoms with E-state index < -0.39 is 10.7 Å². The Morgan fingerprint density at radius 2 is 2.10 bits per heavy atom. The fourth-order valence-corrected chi connectivity index (χ4v) is 4.60. The number of nitrogens with zero attached hydrogens (tertiary/aromatic N) is 1. The van der Waals surface area contributed by atoms with Crippen molar-refractivity contribution in [3.8, 4) is 0 Å². The highest BCUT2D eigenvalue weighted by Crippen LogP contribution is 2.63. The van der Waals surface area contributed by atoms with Crippen LogP contribution in [0.15, 0.2) is 18.2 Å². The van der Waals surface area contributed by atoms with Crippen LogP contribution in [-0.4, -0.2) is 11.0 Å². The third kappa shape index (κ3) is 2.10. The van der Waals surface area contributed by atoms with Gasteiger partial charge in [-0.15, -0.1) is 0 Å². The second kappa shape index (κ2) is 4.42. The summed E-state index contributed by atoms with van der Waals surface area (Å²) in [5.74, 6) is 0.182. The predicted molar refractivity (Wildman–Crippen MR) is 79.7 cm³/mol. The maximum atomic E-state index is 13.5. The van der Waals surface area contributed by atoms with Crippen molar-refractivity contribution < 1.29 is 9.31 Å².